The lowest BCUT2D eigenvalue weighted by Gasteiger charge is -1.92. The van der Waals surface area contributed by atoms with Crippen LogP contribution in [0.4, 0.5) is 0 Å². The Bertz CT molecular complexity index is 612. The molecule has 2 aromatic rings. The van der Waals surface area contributed by atoms with Crippen molar-refractivity contribution in [1.29, 1.82) is 0 Å². The summed E-state index contributed by atoms with van der Waals surface area (Å²) in [7, 11) is 0. The zero-order chi connectivity index (χ0) is 13.8. The van der Waals surface area contributed by atoms with E-state index in [4.69, 9.17) is 11.6 Å². The van der Waals surface area contributed by atoms with Crippen LogP contribution in [-0.4, -0.2) is 25.3 Å². The third-order valence-corrected chi connectivity index (χ3v) is 2.97. The maximum absolute atomic E-state index is 11.9. The molecular weight excluding hydrogens is 264 g/mol. The van der Waals surface area contributed by atoms with E-state index < -0.39 is 0 Å². The van der Waals surface area contributed by atoms with Crippen LogP contribution in [0.5, 0.6) is 0 Å². The molecule has 0 saturated heterocycles. The Balaban J connectivity index is 2.13. The van der Waals surface area contributed by atoms with E-state index in [1.165, 1.54) is 6.08 Å². The number of rotatable bonds is 5. The molecule has 0 bridgehead atoms. The Morgan fingerprint density at radius 1 is 1.32 bits per heavy atom. The number of carbonyl (C=O) groups excluding carboxylic acids is 1. The first-order valence-electron chi connectivity index (χ1n) is 6.12. The van der Waals surface area contributed by atoms with Crippen LogP contribution in [0.3, 0.4) is 0 Å². The number of aromatic nitrogens is 4. The largest absolute Gasteiger partial charge is 0.287 e. The normalized spacial score (nSPS) is 11.3. The molecule has 0 fully saturated rings. The van der Waals surface area contributed by atoms with Crippen molar-refractivity contribution in [2.45, 2.75) is 26.9 Å². The van der Waals surface area contributed by atoms with E-state index in [1.54, 1.807) is 33.9 Å². The van der Waals surface area contributed by atoms with Gasteiger partial charge in [0.15, 0.2) is 0 Å². The summed E-state index contributed by atoms with van der Waals surface area (Å²) < 4.78 is 3.43. The van der Waals surface area contributed by atoms with Crippen LogP contribution in [0.1, 0.15) is 30.0 Å². The van der Waals surface area contributed by atoms with Crippen molar-refractivity contribution < 1.29 is 4.79 Å². The van der Waals surface area contributed by atoms with Crippen molar-refractivity contribution in [3.63, 3.8) is 0 Å². The SMILES string of the molecule is CCn1ccc(C(=O)/C=C/c2nn(CC)cc2Cl)n1. The molecule has 0 aliphatic rings. The maximum Gasteiger partial charge on any atom is 0.206 e. The van der Waals surface area contributed by atoms with Gasteiger partial charge >= 0.3 is 0 Å². The molecule has 0 N–H and O–H groups in total. The van der Waals surface area contributed by atoms with Gasteiger partial charge in [-0.2, -0.15) is 10.2 Å². The molecule has 0 spiro atoms. The van der Waals surface area contributed by atoms with E-state index >= 15 is 0 Å². The van der Waals surface area contributed by atoms with Crippen molar-refractivity contribution in [3.05, 3.63) is 40.9 Å². The zero-order valence-corrected chi connectivity index (χ0v) is 11.6. The number of hydrogen-bond donors (Lipinski definition) is 0. The van der Waals surface area contributed by atoms with Gasteiger partial charge < -0.3 is 0 Å². The summed E-state index contributed by atoms with van der Waals surface area (Å²) in [6.45, 7) is 5.42. The monoisotopic (exact) mass is 278 g/mol. The van der Waals surface area contributed by atoms with Gasteiger partial charge in [-0.15, -0.1) is 0 Å². The minimum absolute atomic E-state index is 0.158. The van der Waals surface area contributed by atoms with Crippen LogP contribution < -0.4 is 0 Å². The molecule has 0 aliphatic carbocycles. The fourth-order valence-electron chi connectivity index (χ4n) is 1.60. The Kier molecular flexibility index (Phi) is 4.16. The second-order valence-electron chi connectivity index (χ2n) is 3.97. The molecule has 2 rings (SSSR count). The molecule has 0 radical (unpaired) electrons. The molecule has 2 heterocycles. The Hall–Kier alpha value is -1.88. The summed E-state index contributed by atoms with van der Waals surface area (Å²) in [6, 6.07) is 1.70. The molecule has 0 aromatic carbocycles. The van der Waals surface area contributed by atoms with Gasteiger partial charge in [0.25, 0.3) is 0 Å². The van der Waals surface area contributed by atoms with Crippen molar-refractivity contribution in [1.82, 2.24) is 19.6 Å². The fraction of sp³-hybridized carbons (Fsp3) is 0.308. The molecule has 19 heavy (non-hydrogen) atoms. The summed E-state index contributed by atoms with van der Waals surface area (Å²) in [4.78, 5) is 11.9. The summed E-state index contributed by atoms with van der Waals surface area (Å²) in [5, 5.41) is 8.91. The van der Waals surface area contributed by atoms with Crippen LogP contribution in [0.25, 0.3) is 6.08 Å². The topological polar surface area (TPSA) is 52.7 Å². The van der Waals surface area contributed by atoms with Gasteiger partial charge in [0.2, 0.25) is 5.78 Å². The fourth-order valence-corrected chi connectivity index (χ4v) is 1.81. The van der Waals surface area contributed by atoms with E-state index in [0.717, 1.165) is 13.1 Å². The van der Waals surface area contributed by atoms with Gasteiger partial charge in [0.05, 0.1) is 5.02 Å². The second-order valence-corrected chi connectivity index (χ2v) is 4.38. The number of allylic oxidation sites excluding steroid dienone is 1. The van der Waals surface area contributed by atoms with Gasteiger partial charge in [0, 0.05) is 25.5 Å². The molecule has 100 valence electrons. The quantitative estimate of drug-likeness (QED) is 0.624. The van der Waals surface area contributed by atoms with Gasteiger partial charge in [-0.05, 0) is 32.1 Å². The second kappa shape index (κ2) is 5.84. The van der Waals surface area contributed by atoms with Crippen LogP contribution in [0.2, 0.25) is 5.02 Å². The number of carbonyl (C=O) groups is 1. The summed E-state index contributed by atoms with van der Waals surface area (Å²) in [6.07, 6.45) is 6.57. The van der Waals surface area contributed by atoms with Gasteiger partial charge in [-0.25, -0.2) is 0 Å². The highest BCUT2D eigenvalue weighted by molar-refractivity contribution is 6.31. The molecule has 0 unspecified atom stereocenters. The van der Waals surface area contributed by atoms with Crippen molar-refractivity contribution in [2.75, 3.05) is 0 Å². The summed E-state index contributed by atoms with van der Waals surface area (Å²) >= 11 is 6.01. The number of aryl methyl sites for hydroxylation is 2. The lowest BCUT2D eigenvalue weighted by molar-refractivity contribution is 0.104. The first-order valence-corrected chi connectivity index (χ1v) is 6.50. The maximum atomic E-state index is 11.9. The highest BCUT2D eigenvalue weighted by atomic mass is 35.5. The Morgan fingerprint density at radius 3 is 2.63 bits per heavy atom. The van der Waals surface area contributed by atoms with E-state index in [2.05, 4.69) is 10.2 Å². The molecule has 0 saturated carbocycles. The standard InChI is InChI=1S/C13H15ClN4O/c1-3-17-8-7-12(16-17)13(19)6-5-11-10(14)9-18(4-2)15-11/h5-9H,3-4H2,1-2H3/b6-5+. The van der Waals surface area contributed by atoms with Crippen molar-refractivity contribution in [3.8, 4) is 0 Å². The first kappa shape index (κ1) is 13.5. The molecule has 0 atom stereocenters. The minimum atomic E-state index is -0.158. The van der Waals surface area contributed by atoms with Crippen molar-refractivity contribution >= 4 is 23.5 Å². The van der Waals surface area contributed by atoms with E-state index in [9.17, 15) is 4.79 Å². The third-order valence-electron chi connectivity index (χ3n) is 2.68. The van der Waals surface area contributed by atoms with Crippen LogP contribution >= 0.6 is 11.6 Å². The lowest BCUT2D eigenvalue weighted by Crippen LogP contribution is -2.00. The molecule has 5 nitrogen and oxygen atoms in total. The van der Waals surface area contributed by atoms with Crippen molar-refractivity contribution in [2.24, 2.45) is 0 Å². The van der Waals surface area contributed by atoms with E-state index in [1.807, 2.05) is 13.8 Å². The summed E-state index contributed by atoms with van der Waals surface area (Å²) in [5.74, 6) is -0.158. The van der Waals surface area contributed by atoms with E-state index in [-0.39, 0.29) is 5.78 Å². The number of hydrogen-bond acceptors (Lipinski definition) is 3. The minimum Gasteiger partial charge on any atom is -0.287 e. The third kappa shape index (κ3) is 3.12. The average molecular weight is 279 g/mol. The number of nitrogens with zero attached hydrogens (tertiary/aromatic N) is 4. The average Bonchev–Trinajstić information content (AvgIpc) is 3.02. The van der Waals surface area contributed by atoms with Crippen LogP contribution in [-0.2, 0) is 13.1 Å². The smallest absolute Gasteiger partial charge is 0.206 e. The molecular formula is C13H15ClN4O. The van der Waals surface area contributed by atoms with Gasteiger partial charge in [0.1, 0.15) is 11.4 Å². The zero-order valence-electron chi connectivity index (χ0n) is 10.9. The molecule has 0 amide bonds. The Labute approximate surface area is 116 Å². The number of halogens is 1. The van der Waals surface area contributed by atoms with Crippen LogP contribution in [0, 0.1) is 0 Å². The number of ketones is 1. The van der Waals surface area contributed by atoms with E-state index in [0.29, 0.717) is 16.4 Å². The van der Waals surface area contributed by atoms with Gasteiger partial charge in [-0.3, -0.25) is 14.2 Å². The first-order chi connectivity index (χ1) is 9.13. The molecule has 2 aromatic heterocycles. The highest BCUT2D eigenvalue weighted by Crippen LogP contribution is 2.15. The molecule has 0 aliphatic heterocycles. The van der Waals surface area contributed by atoms with Crippen LogP contribution in [0.15, 0.2) is 24.5 Å². The highest BCUT2D eigenvalue weighted by Gasteiger charge is 2.07. The molecule has 6 heteroatoms. The van der Waals surface area contributed by atoms with Gasteiger partial charge in [-0.1, -0.05) is 11.6 Å². The predicted octanol–water partition coefficient (Wildman–Crippen LogP) is 2.67. The Morgan fingerprint density at radius 2 is 2.05 bits per heavy atom. The predicted molar refractivity (Wildman–Crippen MR) is 74.2 cm³/mol. The summed E-state index contributed by atoms with van der Waals surface area (Å²) in [5.41, 5.74) is 1.01. The lowest BCUT2D eigenvalue weighted by atomic mass is 10.2.